The van der Waals surface area contributed by atoms with Gasteiger partial charge in [-0.3, -0.25) is 0 Å². The van der Waals surface area contributed by atoms with Crippen molar-refractivity contribution in [3.05, 3.63) is 23.3 Å². The van der Waals surface area contributed by atoms with E-state index in [1.807, 2.05) is 13.8 Å². The maximum absolute atomic E-state index is 12.5. The zero-order chi connectivity index (χ0) is 15.5. The minimum absolute atomic E-state index is 0.218. The van der Waals surface area contributed by atoms with Crippen molar-refractivity contribution in [3.8, 4) is 0 Å². The number of rotatable bonds is 6. The average molecular weight is 300 g/mol. The molecular formula is C14H24N2O3S. The molecular weight excluding hydrogens is 276 g/mol. The molecule has 0 aliphatic rings. The summed E-state index contributed by atoms with van der Waals surface area (Å²) in [6.45, 7) is 7.18. The second kappa shape index (κ2) is 6.56. The SMILES string of the molecule is Cc1cc(N)cc(C)c1S(=O)(=O)NC(CO)CC(C)C. The number of aryl methyl sites for hydroxylation is 2. The molecule has 0 heterocycles. The largest absolute Gasteiger partial charge is 0.399 e. The maximum atomic E-state index is 12.5. The second-order valence-electron chi connectivity index (χ2n) is 5.61. The Morgan fingerprint density at radius 3 is 2.15 bits per heavy atom. The first-order valence-electron chi connectivity index (χ1n) is 6.67. The van der Waals surface area contributed by atoms with E-state index in [-0.39, 0.29) is 11.5 Å². The number of nitrogens with one attached hydrogen (secondary N) is 1. The van der Waals surface area contributed by atoms with Crippen molar-refractivity contribution >= 4 is 15.7 Å². The Hall–Kier alpha value is -1.11. The van der Waals surface area contributed by atoms with Crippen LogP contribution >= 0.6 is 0 Å². The predicted molar refractivity (Wildman–Crippen MR) is 81.0 cm³/mol. The van der Waals surface area contributed by atoms with Crippen LogP contribution in [0.1, 0.15) is 31.4 Å². The van der Waals surface area contributed by atoms with Crippen LogP contribution in [0.15, 0.2) is 17.0 Å². The van der Waals surface area contributed by atoms with Crippen molar-refractivity contribution in [3.63, 3.8) is 0 Å². The number of hydrogen-bond donors (Lipinski definition) is 3. The Kier molecular flexibility index (Phi) is 5.56. The van der Waals surface area contributed by atoms with Gasteiger partial charge in [0.1, 0.15) is 0 Å². The van der Waals surface area contributed by atoms with Gasteiger partial charge in [0.2, 0.25) is 10.0 Å². The van der Waals surface area contributed by atoms with E-state index in [0.29, 0.717) is 29.2 Å². The Morgan fingerprint density at radius 1 is 1.25 bits per heavy atom. The van der Waals surface area contributed by atoms with Crippen LogP contribution in [-0.2, 0) is 10.0 Å². The van der Waals surface area contributed by atoms with Crippen LogP contribution in [0.3, 0.4) is 0 Å². The van der Waals surface area contributed by atoms with Gasteiger partial charge in [0.25, 0.3) is 0 Å². The van der Waals surface area contributed by atoms with Gasteiger partial charge in [-0.05, 0) is 49.4 Å². The van der Waals surface area contributed by atoms with Crippen molar-refractivity contribution < 1.29 is 13.5 Å². The summed E-state index contributed by atoms with van der Waals surface area (Å²) in [4.78, 5) is 0.244. The first kappa shape index (κ1) is 16.9. The van der Waals surface area contributed by atoms with Crippen LogP contribution in [0, 0.1) is 19.8 Å². The van der Waals surface area contributed by atoms with Gasteiger partial charge in [0.05, 0.1) is 11.5 Å². The first-order chi connectivity index (χ1) is 9.17. The molecule has 0 aliphatic carbocycles. The van der Waals surface area contributed by atoms with Gasteiger partial charge in [-0.15, -0.1) is 0 Å². The molecule has 0 radical (unpaired) electrons. The molecule has 1 aromatic rings. The lowest BCUT2D eigenvalue weighted by Crippen LogP contribution is -2.38. The summed E-state index contributed by atoms with van der Waals surface area (Å²) in [5, 5.41) is 9.32. The smallest absolute Gasteiger partial charge is 0.241 e. The summed E-state index contributed by atoms with van der Waals surface area (Å²) in [6.07, 6.45) is 0.586. The second-order valence-corrected chi connectivity index (χ2v) is 7.26. The number of nitrogens with two attached hydrogens (primary N) is 1. The number of hydrogen-bond acceptors (Lipinski definition) is 4. The van der Waals surface area contributed by atoms with Gasteiger partial charge in [-0.2, -0.15) is 0 Å². The summed E-state index contributed by atoms with van der Waals surface area (Å²) >= 11 is 0. The standard InChI is InChI=1S/C14H24N2O3S/c1-9(2)5-13(8-17)16-20(18,19)14-10(3)6-12(15)7-11(14)4/h6-7,9,13,16-17H,5,8,15H2,1-4H3. The van der Waals surface area contributed by atoms with E-state index in [4.69, 9.17) is 5.73 Å². The van der Waals surface area contributed by atoms with E-state index in [9.17, 15) is 13.5 Å². The van der Waals surface area contributed by atoms with Crippen LogP contribution in [0.25, 0.3) is 0 Å². The van der Waals surface area contributed by atoms with Crippen molar-refractivity contribution in [2.24, 2.45) is 5.92 Å². The Balaban J connectivity index is 3.11. The van der Waals surface area contributed by atoms with Gasteiger partial charge in [-0.25, -0.2) is 13.1 Å². The van der Waals surface area contributed by atoms with Gasteiger partial charge in [-0.1, -0.05) is 13.8 Å². The van der Waals surface area contributed by atoms with Crippen LogP contribution in [-0.4, -0.2) is 26.2 Å². The normalized spacial score (nSPS) is 13.7. The molecule has 0 saturated carbocycles. The molecule has 6 heteroatoms. The van der Waals surface area contributed by atoms with Gasteiger partial charge in [0, 0.05) is 11.7 Å². The van der Waals surface area contributed by atoms with E-state index in [2.05, 4.69) is 4.72 Å². The van der Waals surface area contributed by atoms with Crippen molar-refractivity contribution in [1.82, 2.24) is 4.72 Å². The predicted octanol–water partition coefficient (Wildman–Crippen LogP) is 1.57. The minimum atomic E-state index is -3.66. The third kappa shape index (κ3) is 4.19. The molecule has 1 unspecified atom stereocenters. The lowest BCUT2D eigenvalue weighted by Gasteiger charge is -2.20. The molecule has 1 aromatic carbocycles. The molecule has 0 aromatic heterocycles. The van der Waals surface area contributed by atoms with E-state index in [0.717, 1.165) is 0 Å². The molecule has 4 N–H and O–H groups in total. The van der Waals surface area contributed by atoms with Gasteiger partial charge >= 0.3 is 0 Å². The molecule has 1 rings (SSSR count). The molecule has 0 fully saturated rings. The fourth-order valence-electron chi connectivity index (χ4n) is 2.41. The summed E-state index contributed by atoms with van der Waals surface area (Å²) < 4.78 is 27.5. The van der Waals surface area contributed by atoms with Crippen molar-refractivity contribution in [2.75, 3.05) is 12.3 Å². The number of anilines is 1. The monoisotopic (exact) mass is 300 g/mol. The van der Waals surface area contributed by atoms with E-state index < -0.39 is 16.1 Å². The fraction of sp³-hybridized carbons (Fsp3) is 0.571. The zero-order valence-corrected chi connectivity index (χ0v) is 13.3. The van der Waals surface area contributed by atoms with E-state index in [1.165, 1.54) is 0 Å². The lowest BCUT2D eigenvalue weighted by atomic mass is 10.1. The molecule has 0 bridgehead atoms. The van der Waals surface area contributed by atoms with Crippen LogP contribution in [0.2, 0.25) is 0 Å². The average Bonchev–Trinajstić information content (AvgIpc) is 2.24. The fourth-order valence-corrected chi connectivity index (χ4v) is 4.11. The van der Waals surface area contributed by atoms with Crippen LogP contribution in [0.4, 0.5) is 5.69 Å². The molecule has 0 aliphatic heterocycles. The van der Waals surface area contributed by atoms with E-state index >= 15 is 0 Å². The van der Waals surface area contributed by atoms with Crippen molar-refractivity contribution in [1.29, 1.82) is 0 Å². The number of benzene rings is 1. The quantitative estimate of drug-likeness (QED) is 0.695. The van der Waals surface area contributed by atoms with Crippen LogP contribution < -0.4 is 10.5 Å². The number of aliphatic hydroxyl groups excluding tert-OH is 1. The first-order valence-corrected chi connectivity index (χ1v) is 8.15. The molecule has 1 atom stereocenters. The van der Waals surface area contributed by atoms with Gasteiger partial charge < -0.3 is 10.8 Å². The number of aliphatic hydroxyl groups is 1. The summed E-state index contributed by atoms with van der Waals surface area (Å²) in [6, 6.07) is 2.80. The molecule has 114 valence electrons. The summed E-state index contributed by atoms with van der Waals surface area (Å²) in [7, 11) is -3.66. The van der Waals surface area contributed by atoms with E-state index in [1.54, 1.807) is 26.0 Å². The summed E-state index contributed by atoms with van der Waals surface area (Å²) in [5.41, 5.74) is 7.47. The maximum Gasteiger partial charge on any atom is 0.241 e. The third-order valence-corrected chi connectivity index (χ3v) is 4.87. The topological polar surface area (TPSA) is 92.4 Å². The highest BCUT2D eigenvalue weighted by molar-refractivity contribution is 7.89. The lowest BCUT2D eigenvalue weighted by molar-refractivity contribution is 0.240. The number of sulfonamides is 1. The molecule has 0 amide bonds. The van der Waals surface area contributed by atoms with Crippen molar-refractivity contribution in [2.45, 2.75) is 45.1 Å². The minimum Gasteiger partial charge on any atom is -0.399 e. The molecule has 0 spiro atoms. The van der Waals surface area contributed by atoms with Gasteiger partial charge in [0.15, 0.2) is 0 Å². The number of nitrogen functional groups attached to an aromatic ring is 1. The molecule has 0 saturated heterocycles. The molecule has 5 nitrogen and oxygen atoms in total. The summed E-state index contributed by atoms with van der Waals surface area (Å²) in [5.74, 6) is 0.295. The third-order valence-electron chi connectivity index (χ3n) is 3.05. The highest BCUT2D eigenvalue weighted by atomic mass is 32.2. The highest BCUT2D eigenvalue weighted by Gasteiger charge is 2.24. The Labute approximate surface area is 121 Å². The zero-order valence-electron chi connectivity index (χ0n) is 12.5. The van der Waals surface area contributed by atoms with Crippen LogP contribution in [0.5, 0.6) is 0 Å². The Morgan fingerprint density at radius 2 is 1.75 bits per heavy atom. The highest BCUT2D eigenvalue weighted by Crippen LogP contribution is 2.23. The Bertz CT molecular complexity index is 545. The molecule has 20 heavy (non-hydrogen) atoms.